The number of carboxylic acid groups (broad SMARTS) is 1. The number of rotatable bonds is 6. The zero-order chi connectivity index (χ0) is 16.2. The van der Waals surface area contributed by atoms with Crippen LogP contribution in [0.3, 0.4) is 0 Å². The van der Waals surface area contributed by atoms with Crippen LogP contribution in [-0.2, 0) is 4.79 Å². The maximum Gasteiger partial charge on any atom is 0.318 e. The predicted molar refractivity (Wildman–Crippen MR) is 82.6 cm³/mol. The van der Waals surface area contributed by atoms with Gasteiger partial charge in [0.25, 0.3) is 0 Å². The van der Waals surface area contributed by atoms with Crippen molar-refractivity contribution in [2.24, 2.45) is 0 Å². The van der Waals surface area contributed by atoms with E-state index < -0.39 is 5.97 Å². The molecule has 0 aliphatic rings. The van der Waals surface area contributed by atoms with Crippen molar-refractivity contribution >= 4 is 23.3 Å². The largest absolute Gasteiger partial charge is 0.481 e. The lowest BCUT2D eigenvalue weighted by molar-refractivity contribution is -0.137. The average molecular weight is 313 g/mol. The molecule has 0 aliphatic heterocycles. The van der Waals surface area contributed by atoms with Crippen LogP contribution < -0.4 is 5.32 Å². The maximum atomic E-state index is 12.3. The Morgan fingerprint density at radius 1 is 1.33 bits per heavy atom. The number of carboxylic acids is 1. The van der Waals surface area contributed by atoms with Gasteiger partial charge in [-0.05, 0) is 34.6 Å². The Morgan fingerprint density at radius 3 is 2.38 bits per heavy atom. The molecule has 1 atom stereocenters. The van der Waals surface area contributed by atoms with E-state index in [2.05, 4.69) is 10.3 Å². The van der Waals surface area contributed by atoms with Crippen LogP contribution in [0.1, 0.15) is 48.8 Å². The van der Waals surface area contributed by atoms with E-state index in [-0.39, 0.29) is 31.1 Å². The molecule has 6 nitrogen and oxygen atoms in total. The number of carbonyl (C=O) groups is 2. The first-order valence-electron chi connectivity index (χ1n) is 6.95. The number of nitrogens with zero attached hydrogens (tertiary/aromatic N) is 2. The van der Waals surface area contributed by atoms with Crippen molar-refractivity contribution in [1.29, 1.82) is 0 Å². The zero-order valence-electron chi connectivity index (χ0n) is 13.1. The van der Waals surface area contributed by atoms with Gasteiger partial charge in [-0.15, -0.1) is 11.3 Å². The summed E-state index contributed by atoms with van der Waals surface area (Å²) in [6, 6.07) is -0.445. The minimum atomic E-state index is -0.907. The molecule has 0 saturated carbocycles. The minimum Gasteiger partial charge on any atom is -0.481 e. The summed E-state index contributed by atoms with van der Waals surface area (Å²) in [5.74, 6) is -0.907. The first-order valence-corrected chi connectivity index (χ1v) is 7.76. The fourth-order valence-corrected chi connectivity index (χ4v) is 3.02. The first-order chi connectivity index (χ1) is 9.72. The molecule has 0 radical (unpaired) electrons. The van der Waals surface area contributed by atoms with E-state index in [4.69, 9.17) is 5.11 Å². The van der Waals surface area contributed by atoms with E-state index in [1.54, 1.807) is 11.3 Å². The van der Waals surface area contributed by atoms with Crippen molar-refractivity contribution in [1.82, 2.24) is 15.2 Å². The maximum absolute atomic E-state index is 12.3. The number of aryl methyl sites for hydroxylation is 2. The molecule has 21 heavy (non-hydrogen) atoms. The van der Waals surface area contributed by atoms with Crippen LogP contribution in [0.25, 0.3) is 0 Å². The number of hydrogen-bond donors (Lipinski definition) is 2. The van der Waals surface area contributed by atoms with Gasteiger partial charge in [0.15, 0.2) is 0 Å². The molecule has 1 heterocycles. The first kappa shape index (κ1) is 17.4. The topological polar surface area (TPSA) is 82.5 Å². The number of amides is 2. The molecule has 0 aliphatic carbocycles. The number of carbonyl (C=O) groups excluding carboxylic acids is 1. The van der Waals surface area contributed by atoms with Crippen LogP contribution in [0.15, 0.2) is 0 Å². The second kappa shape index (κ2) is 7.40. The van der Waals surface area contributed by atoms with Gasteiger partial charge in [0.1, 0.15) is 0 Å². The van der Waals surface area contributed by atoms with Gasteiger partial charge in [-0.3, -0.25) is 4.79 Å². The molecule has 1 aromatic heterocycles. The van der Waals surface area contributed by atoms with Crippen molar-refractivity contribution in [3.05, 3.63) is 15.6 Å². The van der Waals surface area contributed by atoms with Crippen LogP contribution in [0.5, 0.6) is 0 Å². The standard InChI is InChI=1S/C14H23N3O3S/c1-8(2)17(7-6-12(18)19)14(20)16-10(4)13-9(3)15-11(5)21-13/h8,10H,6-7H2,1-5H3,(H,16,20)(H,18,19). The minimum absolute atomic E-state index is 0.0548. The van der Waals surface area contributed by atoms with Gasteiger partial charge >= 0.3 is 12.0 Å². The highest BCUT2D eigenvalue weighted by molar-refractivity contribution is 7.11. The number of hydrogen-bond acceptors (Lipinski definition) is 4. The van der Waals surface area contributed by atoms with E-state index >= 15 is 0 Å². The number of aliphatic carboxylic acids is 1. The van der Waals surface area contributed by atoms with Crippen LogP contribution in [-0.4, -0.2) is 39.6 Å². The smallest absolute Gasteiger partial charge is 0.318 e. The molecule has 0 fully saturated rings. The van der Waals surface area contributed by atoms with E-state index in [0.29, 0.717) is 0 Å². The fourth-order valence-electron chi connectivity index (χ4n) is 2.09. The van der Waals surface area contributed by atoms with E-state index in [9.17, 15) is 9.59 Å². The summed E-state index contributed by atoms with van der Waals surface area (Å²) in [5, 5.41) is 12.6. The number of thiazole rings is 1. The summed E-state index contributed by atoms with van der Waals surface area (Å²) in [6.07, 6.45) is -0.0569. The second-order valence-electron chi connectivity index (χ2n) is 5.28. The fraction of sp³-hybridized carbons (Fsp3) is 0.643. The molecule has 1 rings (SSSR count). The lowest BCUT2D eigenvalue weighted by Crippen LogP contribution is -2.45. The lowest BCUT2D eigenvalue weighted by Gasteiger charge is -2.28. The van der Waals surface area contributed by atoms with Gasteiger partial charge in [-0.2, -0.15) is 0 Å². The molecule has 7 heteroatoms. The monoisotopic (exact) mass is 313 g/mol. The molecule has 1 aromatic rings. The zero-order valence-corrected chi connectivity index (χ0v) is 14.0. The molecule has 118 valence electrons. The SMILES string of the molecule is Cc1nc(C)c(C(C)NC(=O)N(CCC(=O)O)C(C)C)s1. The summed E-state index contributed by atoms with van der Waals surface area (Å²) in [4.78, 5) is 29.9. The van der Waals surface area contributed by atoms with Gasteiger partial charge in [0.05, 0.1) is 23.2 Å². The number of nitrogens with one attached hydrogen (secondary N) is 1. The van der Waals surface area contributed by atoms with Crippen LogP contribution in [0.4, 0.5) is 4.79 Å². The van der Waals surface area contributed by atoms with E-state index in [0.717, 1.165) is 15.6 Å². The van der Waals surface area contributed by atoms with Crippen LogP contribution in [0, 0.1) is 13.8 Å². The van der Waals surface area contributed by atoms with Crippen molar-refractivity contribution in [3.63, 3.8) is 0 Å². The Hall–Kier alpha value is -1.63. The van der Waals surface area contributed by atoms with Gasteiger partial charge in [0, 0.05) is 17.5 Å². The van der Waals surface area contributed by atoms with Crippen molar-refractivity contribution in [2.45, 2.75) is 53.1 Å². The molecule has 0 aromatic carbocycles. The van der Waals surface area contributed by atoms with Gasteiger partial charge in [-0.1, -0.05) is 0 Å². The molecular weight excluding hydrogens is 290 g/mol. The molecule has 2 amide bonds. The third-order valence-corrected chi connectivity index (χ3v) is 4.38. The average Bonchev–Trinajstić information content (AvgIpc) is 2.67. The molecule has 1 unspecified atom stereocenters. The Kier molecular flexibility index (Phi) is 6.14. The summed E-state index contributed by atoms with van der Waals surface area (Å²) in [5.41, 5.74) is 0.923. The van der Waals surface area contributed by atoms with Crippen molar-refractivity contribution in [2.75, 3.05) is 6.54 Å². The predicted octanol–water partition coefficient (Wildman–Crippen LogP) is 2.72. The van der Waals surface area contributed by atoms with Crippen molar-refractivity contribution in [3.8, 4) is 0 Å². The highest BCUT2D eigenvalue weighted by Gasteiger charge is 2.21. The van der Waals surface area contributed by atoms with Gasteiger partial charge in [0.2, 0.25) is 0 Å². The molecular formula is C14H23N3O3S. The quantitative estimate of drug-likeness (QED) is 0.846. The third kappa shape index (κ3) is 5.00. The van der Waals surface area contributed by atoms with Crippen LogP contribution >= 0.6 is 11.3 Å². The van der Waals surface area contributed by atoms with Crippen molar-refractivity contribution < 1.29 is 14.7 Å². The summed E-state index contributed by atoms with van der Waals surface area (Å²) in [6.45, 7) is 9.71. The van der Waals surface area contributed by atoms with Gasteiger partial charge in [-0.25, -0.2) is 9.78 Å². The van der Waals surface area contributed by atoms with Gasteiger partial charge < -0.3 is 15.3 Å². The Balaban J connectivity index is 2.72. The normalized spacial score (nSPS) is 12.3. The molecule has 2 N–H and O–H groups in total. The third-order valence-electron chi connectivity index (χ3n) is 3.12. The number of aromatic nitrogens is 1. The van der Waals surface area contributed by atoms with E-state index in [1.165, 1.54) is 4.90 Å². The second-order valence-corrected chi connectivity index (χ2v) is 6.52. The highest BCUT2D eigenvalue weighted by atomic mass is 32.1. The number of urea groups is 1. The Morgan fingerprint density at radius 2 is 1.95 bits per heavy atom. The molecule has 0 saturated heterocycles. The summed E-state index contributed by atoms with van der Waals surface area (Å²) in [7, 11) is 0. The lowest BCUT2D eigenvalue weighted by atomic mass is 10.2. The summed E-state index contributed by atoms with van der Waals surface area (Å²) < 4.78 is 0. The van der Waals surface area contributed by atoms with Crippen LogP contribution in [0.2, 0.25) is 0 Å². The Labute approximate surface area is 129 Å². The molecule has 0 bridgehead atoms. The van der Waals surface area contributed by atoms with E-state index in [1.807, 2.05) is 34.6 Å². The highest BCUT2D eigenvalue weighted by Crippen LogP contribution is 2.24. The Bertz CT molecular complexity index is 514. The summed E-state index contributed by atoms with van der Waals surface area (Å²) >= 11 is 1.56. The molecule has 0 spiro atoms.